The van der Waals surface area contributed by atoms with Crippen LogP contribution in [0.3, 0.4) is 0 Å². The predicted molar refractivity (Wildman–Crippen MR) is 183 cm³/mol. The molecule has 1 fully saturated rings. The van der Waals surface area contributed by atoms with Crippen LogP contribution in [0.1, 0.15) is 44.4 Å². The lowest BCUT2D eigenvalue weighted by Crippen LogP contribution is -2.57. The molecule has 1 saturated heterocycles. The topological polar surface area (TPSA) is 173 Å². The fourth-order valence-corrected chi connectivity index (χ4v) is 7.40. The number of aromatic nitrogens is 1. The van der Waals surface area contributed by atoms with Crippen molar-refractivity contribution in [3.8, 4) is 0 Å². The summed E-state index contributed by atoms with van der Waals surface area (Å²) in [5.74, 6) is -1.50. The number of carbonyl (C=O) groups excluding carboxylic acids is 3. The van der Waals surface area contributed by atoms with E-state index in [4.69, 9.17) is 5.21 Å². The minimum absolute atomic E-state index is 0.00695. The summed E-state index contributed by atoms with van der Waals surface area (Å²) in [4.78, 5) is 46.9. The van der Waals surface area contributed by atoms with Gasteiger partial charge >= 0.3 is 6.03 Å². The van der Waals surface area contributed by atoms with Crippen LogP contribution in [0.5, 0.6) is 0 Å². The second kappa shape index (κ2) is 16.6. The lowest BCUT2D eigenvalue weighted by Gasteiger charge is -2.34. The van der Waals surface area contributed by atoms with E-state index in [0.29, 0.717) is 11.1 Å². The van der Waals surface area contributed by atoms with Gasteiger partial charge in [0.25, 0.3) is 5.91 Å². The Bertz CT molecular complexity index is 1700. The molecule has 2 heterocycles. The Kier molecular flexibility index (Phi) is 12.6. The number of sulfonamides is 1. The SMILES string of the molecule is CC(C)CN(C[C@H](O)[C@H](Cc1ccccc1)NC(=O)[C@H](C(C)C)N1CC(=O)N(Cc2ccncc2)C1=O)S(=O)(=O)c1ccc(C=NO)cc1. The molecule has 1 aliphatic rings. The van der Waals surface area contributed by atoms with E-state index < -0.39 is 52.0 Å². The van der Waals surface area contributed by atoms with E-state index in [0.717, 1.165) is 10.5 Å². The summed E-state index contributed by atoms with van der Waals surface area (Å²) in [6.45, 7) is 6.78. The number of aliphatic hydroxyl groups is 1. The highest BCUT2D eigenvalue weighted by molar-refractivity contribution is 7.89. The molecular formula is C35H44N6O7S. The average Bonchev–Trinajstić information content (AvgIpc) is 3.33. The number of oxime groups is 1. The van der Waals surface area contributed by atoms with Crippen LogP contribution in [0.15, 0.2) is 89.2 Å². The number of benzene rings is 2. The van der Waals surface area contributed by atoms with Gasteiger partial charge in [-0.15, -0.1) is 0 Å². The molecule has 262 valence electrons. The molecule has 0 aliphatic carbocycles. The molecule has 3 atom stereocenters. The Balaban J connectivity index is 1.59. The predicted octanol–water partition coefficient (Wildman–Crippen LogP) is 3.11. The van der Waals surface area contributed by atoms with Gasteiger partial charge in [-0.05, 0) is 59.2 Å². The molecule has 4 amide bonds. The largest absolute Gasteiger partial charge is 0.411 e. The van der Waals surface area contributed by atoms with Gasteiger partial charge in [-0.2, -0.15) is 4.31 Å². The maximum Gasteiger partial charge on any atom is 0.328 e. The molecule has 3 N–H and O–H groups in total. The number of aliphatic hydroxyl groups excluding tert-OH is 1. The fraction of sp³-hybridized carbons (Fsp3) is 0.400. The van der Waals surface area contributed by atoms with Gasteiger partial charge in [0.1, 0.15) is 12.6 Å². The van der Waals surface area contributed by atoms with Crippen molar-refractivity contribution in [2.45, 2.75) is 63.7 Å². The first-order valence-electron chi connectivity index (χ1n) is 16.1. The molecule has 49 heavy (non-hydrogen) atoms. The van der Waals surface area contributed by atoms with Crippen molar-refractivity contribution in [1.29, 1.82) is 0 Å². The second-order valence-electron chi connectivity index (χ2n) is 12.8. The van der Waals surface area contributed by atoms with E-state index in [1.165, 1.54) is 39.7 Å². The third-order valence-corrected chi connectivity index (χ3v) is 10.0. The molecule has 14 heteroatoms. The van der Waals surface area contributed by atoms with Crippen molar-refractivity contribution in [1.82, 2.24) is 24.4 Å². The van der Waals surface area contributed by atoms with E-state index in [2.05, 4.69) is 15.5 Å². The third-order valence-electron chi connectivity index (χ3n) is 8.18. The number of nitrogens with one attached hydrogen (secondary N) is 1. The van der Waals surface area contributed by atoms with Gasteiger partial charge in [0, 0.05) is 25.5 Å². The van der Waals surface area contributed by atoms with Crippen LogP contribution in [-0.4, -0.2) is 99.7 Å². The van der Waals surface area contributed by atoms with Gasteiger partial charge in [0.15, 0.2) is 0 Å². The number of pyridine rings is 1. The Morgan fingerprint density at radius 3 is 2.22 bits per heavy atom. The number of hydrogen-bond acceptors (Lipinski definition) is 9. The maximum atomic E-state index is 14.0. The monoisotopic (exact) mass is 692 g/mol. The molecule has 0 radical (unpaired) electrons. The lowest BCUT2D eigenvalue weighted by atomic mass is 9.97. The van der Waals surface area contributed by atoms with Crippen molar-refractivity contribution >= 4 is 34.1 Å². The Morgan fingerprint density at radius 1 is 0.980 bits per heavy atom. The zero-order valence-corrected chi connectivity index (χ0v) is 28.9. The second-order valence-corrected chi connectivity index (χ2v) is 14.8. The van der Waals surface area contributed by atoms with Gasteiger partial charge in [-0.25, -0.2) is 13.2 Å². The molecule has 13 nitrogen and oxygen atoms in total. The zero-order chi connectivity index (χ0) is 35.7. The Morgan fingerprint density at radius 2 is 1.63 bits per heavy atom. The fourth-order valence-electron chi connectivity index (χ4n) is 5.78. The van der Waals surface area contributed by atoms with E-state index in [1.807, 2.05) is 44.2 Å². The first-order chi connectivity index (χ1) is 23.3. The molecule has 0 unspecified atom stereocenters. The summed E-state index contributed by atoms with van der Waals surface area (Å²) in [7, 11) is -4.09. The summed E-state index contributed by atoms with van der Waals surface area (Å²) in [6.07, 6.45) is 3.13. The summed E-state index contributed by atoms with van der Waals surface area (Å²) >= 11 is 0. The third kappa shape index (κ3) is 9.49. The van der Waals surface area contributed by atoms with Crippen LogP contribution >= 0.6 is 0 Å². The van der Waals surface area contributed by atoms with Gasteiger partial charge in [0.05, 0.1) is 29.8 Å². The highest BCUT2D eigenvalue weighted by Gasteiger charge is 2.44. The van der Waals surface area contributed by atoms with Crippen LogP contribution in [0, 0.1) is 11.8 Å². The zero-order valence-electron chi connectivity index (χ0n) is 28.1. The molecule has 2 aromatic carbocycles. The number of carbonyl (C=O) groups is 3. The Labute approximate surface area is 287 Å². The molecule has 1 aliphatic heterocycles. The minimum Gasteiger partial charge on any atom is -0.411 e. The van der Waals surface area contributed by atoms with E-state index in [9.17, 15) is 27.9 Å². The highest BCUT2D eigenvalue weighted by Crippen LogP contribution is 2.23. The smallest absolute Gasteiger partial charge is 0.328 e. The normalized spacial score (nSPS) is 15.8. The molecule has 0 bridgehead atoms. The van der Waals surface area contributed by atoms with Crippen molar-refractivity contribution in [2.75, 3.05) is 19.6 Å². The van der Waals surface area contributed by atoms with E-state index >= 15 is 0 Å². The highest BCUT2D eigenvalue weighted by atomic mass is 32.2. The number of rotatable bonds is 16. The Hall–Kier alpha value is -4.66. The number of imide groups is 1. The molecular weight excluding hydrogens is 648 g/mol. The van der Waals surface area contributed by atoms with E-state index in [-0.39, 0.29) is 43.4 Å². The first-order valence-corrected chi connectivity index (χ1v) is 17.6. The van der Waals surface area contributed by atoms with Gasteiger partial charge < -0.3 is 20.5 Å². The van der Waals surface area contributed by atoms with Crippen molar-refractivity contribution in [3.05, 3.63) is 95.8 Å². The number of nitrogens with zero attached hydrogens (tertiary/aromatic N) is 5. The molecule has 0 saturated carbocycles. The van der Waals surface area contributed by atoms with Crippen LogP contribution in [0.2, 0.25) is 0 Å². The van der Waals surface area contributed by atoms with Gasteiger partial charge in [-0.3, -0.25) is 19.5 Å². The maximum absolute atomic E-state index is 14.0. The quantitative estimate of drug-likeness (QED) is 0.0889. The van der Waals surface area contributed by atoms with E-state index in [1.54, 1.807) is 38.4 Å². The standard InChI is InChI=1S/C35H44N6O7S/c1-24(2)20-39(49(47,48)29-12-10-27(11-13-29)19-37-46)22-31(42)30(18-26-8-6-5-7-9-26)38-34(44)33(25(3)4)41-23-32(43)40(35(41)45)21-28-14-16-36-17-15-28/h5-17,19,24-25,30-31,33,42,46H,18,20-23H2,1-4H3,(H,38,44)/t30-,31-,33-/m0/s1. The molecule has 4 rings (SSSR count). The summed E-state index contributed by atoms with van der Waals surface area (Å²) in [6, 6.07) is 15.8. The van der Waals surface area contributed by atoms with Crippen molar-refractivity contribution in [2.24, 2.45) is 17.0 Å². The first kappa shape index (κ1) is 37.2. The summed E-state index contributed by atoms with van der Waals surface area (Å²) in [5, 5.41) is 26.4. The molecule has 0 spiro atoms. The molecule has 3 aromatic rings. The summed E-state index contributed by atoms with van der Waals surface area (Å²) < 4.78 is 28.9. The molecule has 1 aromatic heterocycles. The van der Waals surface area contributed by atoms with Crippen molar-refractivity contribution < 1.29 is 33.1 Å². The number of amides is 4. The number of urea groups is 1. The van der Waals surface area contributed by atoms with Crippen molar-refractivity contribution in [3.63, 3.8) is 0 Å². The minimum atomic E-state index is -4.09. The average molecular weight is 693 g/mol. The van der Waals surface area contributed by atoms with Crippen LogP contribution in [0.4, 0.5) is 4.79 Å². The number of hydrogen-bond donors (Lipinski definition) is 3. The van der Waals surface area contributed by atoms with Crippen LogP contribution in [-0.2, 0) is 32.6 Å². The van der Waals surface area contributed by atoms with Crippen LogP contribution < -0.4 is 5.32 Å². The summed E-state index contributed by atoms with van der Waals surface area (Å²) in [5.41, 5.74) is 2.01. The van der Waals surface area contributed by atoms with Crippen LogP contribution in [0.25, 0.3) is 0 Å². The van der Waals surface area contributed by atoms with Gasteiger partial charge in [-0.1, -0.05) is 75.3 Å². The lowest BCUT2D eigenvalue weighted by molar-refractivity contribution is -0.129. The van der Waals surface area contributed by atoms with Gasteiger partial charge in [0.2, 0.25) is 15.9 Å².